The van der Waals surface area contributed by atoms with E-state index in [1.165, 1.54) is 0 Å². The first-order valence-corrected chi connectivity index (χ1v) is 6.73. The van der Waals surface area contributed by atoms with E-state index in [-0.39, 0.29) is 12.5 Å². The van der Waals surface area contributed by atoms with E-state index in [0.717, 1.165) is 16.9 Å². The average Bonchev–Trinajstić information content (AvgIpc) is 2.53. The molecule has 0 aliphatic heterocycles. The smallest absolute Gasteiger partial charge is 0.253 e. The molecular formula is C17H19NO3. The van der Waals surface area contributed by atoms with Crippen LogP contribution in [-0.4, -0.2) is 30.0 Å². The number of amides is 1. The van der Waals surface area contributed by atoms with E-state index in [1.807, 2.05) is 24.3 Å². The van der Waals surface area contributed by atoms with Crippen molar-refractivity contribution in [2.75, 3.05) is 14.1 Å². The van der Waals surface area contributed by atoms with Gasteiger partial charge in [0.05, 0.1) is 6.61 Å². The number of rotatable bonds is 5. The minimum absolute atomic E-state index is 0.0267. The lowest BCUT2D eigenvalue weighted by molar-refractivity contribution is 0.0827. The van der Waals surface area contributed by atoms with Crippen LogP contribution in [0, 0.1) is 0 Å². The van der Waals surface area contributed by atoms with Gasteiger partial charge in [-0.2, -0.15) is 0 Å². The van der Waals surface area contributed by atoms with Crippen molar-refractivity contribution < 1.29 is 14.6 Å². The lowest BCUT2D eigenvalue weighted by Crippen LogP contribution is -2.21. The number of nitrogens with zero attached hydrogens (tertiary/aromatic N) is 1. The third kappa shape index (κ3) is 4.07. The van der Waals surface area contributed by atoms with E-state index in [9.17, 15) is 4.79 Å². The zero-order chi connectivity index (χ0) is 15.2. The topological polar surface area (TPSA) is 49.8 Å². The second-order valence-electron chi connectivity index (χ2n) is 4.99. The van der Waals surface area contributed by atoms with Crippen LogP contribution in [0.15, 0.2) is 48.5 Å². The molecule has 0 fully saturated rings. The molecule has 2 aromatic carbocycles. The highest BCUT2D eigenvalue weighted by atomic mass is 16.5. The van der Waals surface area contributed by atoms with E-state index < -0.39 is 0 Å². The molecule has 0 radical (unpaired) electrons. The van der Waals surface area contributed by atoms with Gasteiger partial charge in [0.2, 0.25) is 0 Å². The number of hydrogen-bond donors (Lipinski definition) is 1. The van der Waals surface area contributed by atoms with Gasteiger partial charge >= 0.3 is 0 Å². The van der Waals surface area contributed by atoms with Gasteiger partial charge in [0.1, 0.15) is 12.4 Å². The summed E-state index contributed by atoms with van der Waals surface area (Å²) < 4.78 is 5.67. The summed E-state index contributed by atoms with van der Waals surface area (Å²) in [4.78, 5) is 13.3. The molecule has 2 rings (SSSR count). The van der Waals surface area contributed by atoms with Gasteiger partial charge in [-0.25, -0.2) is 0 Å². The van der Waals surface area contributed by atoms with Gasteiger partial charge in [0.25, 0.3) is 5.91 Å². The van der Waals surface area contributed by atoms with Crippen LogP contribution >= 0.6 is 0 Å². The highest BCUT2D eigenvalue weighted by molar-refractivity contribution is 5.93. The van der Waals surface area contributed by atoms with Crippen molar-refractivity contribution in [3.63, 3.8) is 0 Å². The van der Waals surface area contributed by atoms with Crippen LogP contribution in [0.5, 0.6) is 5.75 Å². The normalized spacial score (nSPS) is 10.2. The summed E-state index contributed by atoms with van der Waals surface area (Å²) in [5, 5.41) is 8.98. The summed E-state index contributed by atoms with van der Waals surface area (Å²) in [5.74, 6) is 0.692. The Labute approximate surface area is 124 Å². The molecule has 0 heterocycles. The number of benzene rings is 2. The summed E-state index contributed by atoms with van der Waals surface area (Å²) in [6, 6.07) is 14.7. The largest absolute Gasteiger partial charge is 0.489 e. The maximum absolute atomic E-state index is 11.8. The van der Waals surface area contributed by atoms with Crippen molar-refractivity contribution in [1.82, 2.24) is 4.90 Å². The average molecular weight is 285 g/mol. The molecular weight excluding hydrogens is 266 g/mol. The predicted octanol–water partition coefficient (Wildman–Crippen LogP) is 2.46. The Morgan fingerprint density at radius 1 is 1.00 bits per heavy atom. The third-order valence-corrected chi connectivity index (χ3v) is 3.12. The highest BCUT2D eigenvalue weighted by Gasteiger charge is 2.07. The van der Waals surface area contributed by atoms with E-state index in [2.05, 4.69) is 0 Å². The number of aliphatic hydroxyl groups excluding tert-OH is 1. The number of carbonyl (C=O) groups excluding carboxylic acids is 1. The van der Waals surface area contributed by atoms with Crippen molar-refractivity contribution in [3.05, 3.63) is 65.2 Å². The van der Waals surface area contributed by atoms with Crippen LogP contribution in [-0.2, 0) is 13.2 Å². The number of hydrogen-bond acceptors (Lipinski definition) is 3. The second-order valence-corrected chi connectivity index (χ2v) is 4.99. The van der Waals surface area contributed by atoms with Gasteiger partial charge in [-0.05, 0) is 35.4 Å². The Kier molecular flexibility index (Phi) is 4.95. The lowest BCUT2D eigenvalue weighted by Gasteiger charge is -2.11. The molecule has 4 nitrogen and oxygen atoms in total. The van der Waals surface area contributed by atoms with E-state index in [4.69, 9.17) is 9.84 Å². The summed E-state index contributed by atoms with van der Waals surface area (Å²) >= 11 is 0. The maximum atomic E-state index is 11.8. The standard InChI is InChI=1S/C17H19NO3/c1-18(2)17(20)15-7-9-16(10-8-15)21-12-14-5-3-13(11-19)4-6-14/h3-10,19H,11-12H2,1-2H3. The molecule has 0 atom stereocenters. The monoisotopic (exact) mass is 285 g/mol. The van der Waals surface area contributed by atoms with Crippen molar-refractivity contribution in [2.45, 2.75) is 13.2 Å². The summed E-state index contributed by atoms with van der Waals surface area (Å²) in [5.41, 5.74) is 2.55. The molecule has 0 aliphatic carbocycles. The fourth-order valence-electron chi connectivity index (χ4n) is 1.86. The molecule has 0 unspecified atom stereocenters. The molecule has 0 spiro atoms. The van der Waals surface area contributed by atoms with Gasteiger partial charge in [-0.3, -0.25) is 4.79 Å². The second kappa shape index (κ2) is 6.90. The van der Waals surface area contributed by atoms with Crippen LogP contribution in [0.3, 0.4) is 0 Å². The Morgan fingerprint density at radius 3 is 2.10 bits per heavy atom. The molecule has 0 bridgehead atoms. The summed E-state index contributed by atoms with van der Waals surface area (Å²) in [6.45, 7) is 0.495. The summed E-state index contributed by atoms with van der Waals surface area (Å²) in [7, 11) is 3.45. The van der Waals surface area contributed by atoms with Crippen molar-refractivity contribution in [1.29, 1.82) is 0 Å². The van der Waals surface area contributed by atoms with Crippen LogP contribution in [0.1, 0.15) is 21.5 Å². The molecule has 1 amide bonds. The molecule has 2 aromatic rings. The SMILES string of the molecule is CN(C)C(=O)c1ccc(OCc2ccc(CO)cc2)cc1. The van der Waals surface area contributed by atoms with E-state index >= 15 is 0 Å². The van der Waals surface area contributed by atoms with E-state index in [0.29, 0.717) is 12.2 Å². The number of aliphatic hydroxyl groups is 1. The van der Waals surface area contributed by atoms with Crippen molar-refractivity contribution in [3.8, 4) is 5.75 Å². The van der Waals surface area contributed by atoms with Crippen molar-refractivity contribution in [2.24, 2.45) is 0 Å². The number of carbonyl (C=O) groups is 1. The Balaban J connectivity index is 1.95. The number of ether oxygens (including phenoxy) is 1. The Bertz CT molecular complexity index is 588. The molecule has 4 heteroatoms. The first-order valence-electron chi connectivity index (χ1n) is 6.73. The lowest BCUT2D eigenvalue weighted by atomic mass is 10.1. The molecule has 0 aromatic heterocycles. The van der Waals surface area contributed by atoms with Crippen LogP contribution in [0.4, 0.5) is 0 Å². The minimum Gasteiger partial charge on any atom is -0.489 e. The fraction of sp³-hybridized carbons (Fsp3) is 0.235. The first kappa shape index (κ1) is 15.1. The maximum Gasteiger partial charge on any atom is 0.253 e. The van der Waals surface area contributed by atoms with Gasteiger partial charge in [0, 0.05) is 19.7 Å². The first-order chi connectivity index (χ1) is 10.1. The zero-order valence-corrected chi connectivity index (χ0v) is 12.2. The van der Waals surface area contributed by atoms with Crippen LogP contribution in [0.2, 0.25) is 0 Å². The molecule has 0 saturated carbocycles. The van der Waals surface area contributed by atoms with Gasteiger partial charge in [-0.1, -0.05) is 24.3 Å². The Morgan fingerprint density at radius 2 is 1.57 bits per heavy atom. The molecule has 0 saturated heterocycles. The molecule has 110 valence electrons. The molecule has 1 N–H and O–H groups in total. The van der Waals surface area contributed by atoms with Crippen LogP contribution in [0.25, 0.3) is 0 Å². The third-order valence-electron chi connectivity index (χ3n) is 3.12. The van der Waals surface area contributed by atoms with Crippen LogP contribution < -0.4 is 4.74 Å². The quantitative estimate of drug-likeness (QED) is 0.918. The van der Waals surface area contributed by atoms with Gasteiger partial charge in [-0.15, -0.1) is 0 Å². The fourth-order valence-corrected chi connectivity index (χ4v) is 1.86. The van der Waals surface area contributed by atoms with Gasteiger partial charge in [0.15, 0.2) is 0 Å². The molecule has 0 aliphatic rings. The minimum atomic E-state index is -0.0267. The molecule has 21 heavy (non-hydrogen) atoms. The highest BCUT2D eigenvalue weighted by Crippen LogP contribution is 2.15. The zero-order valence-electron chi connectivity index (χ0n) is 12.2. The Hall–Kier alpha value is -2.33. The van der Waals surface area contributed by atoms with Crippen molar-refractivity contribution >= 4 is 5.91 Å². The van der Waals surface area contributed by atoms with E-state index in [1.54, 1.807) is 43.3 Å². The van der Waals surface area contributed by atoms with Gasteiger partial charge < -0.3 is 14.7 Å². The summed E-state index contributed by atoms with van der Waals surface area (Å²) in [6.07, 6.45) is 0. The predicted molar refractivity (Wildman–Crippen MR) is 81.2 cm³/mol.